The van der Waals surface area contributed by atoms with Gasteiger partial charge in [0.1, 0.15) is 5.69 Å². The molecule has 0 N–H and O–H groups in total. The molecule has 2 saturated heterocycles. The molecule has 26 heavy (non-hydrogen) atoms. The minimum Gasteiger partial charge on any atom is -0.339 e. The normalized spacial score (nSPS) is 21.3. The number of carbonyl (C=O) groups excluding carboxylic acids is 3. The largest absolute Gasteiger partial charge is 0.339 e. The second-order valence-electron chi connectivity index (χ2n) is 7.78. The molecule has 8 nitrogen and oxygen atoms in total. The van der Waals surface area contributed by atoms with Crippen LogP contribution in [0.25, 0.3) is 0 Å². The Hall–Kier alpha value is -2.51. The zero-order valence-corrected chi connectivity index (χ0v) is 15.5. The van der Waals surface area contributed by atoms with Gasteiger partial charge in [0.25, 0.3) is 5.91 Å². The number of piperazine rings is 1. The molecule has 3 heterocycles. The van der Waals surface area contributed by atoms with Gasteiger partial charge in [-0.1, -0.05) is 0 Å². The van der Waals surface area contributed by atoms with Crippen LogP contribution < -0.4 is 0 Å². The van der Waals surface area contributed by atoms with E-state index in [0.29, 0.717) is 38.4 Å². The van der Waals surface area contributed by atoms with Crippen LogP contribution in [0.3, 0.4) is 0 Å². The summed E-state index contributed by atoms with van der Waals surface area (Å²) in [5.74, 6) is -0.409. The Kier molecular flexibility index (Phi) is 4.93. The van der Waals surface area contributed by atoms with Crippen LogP contribution in [0.1, 0.15) is 37.7 Å². The van der Waals surface area contributed by atoms with Crippen LogP contribution in [-0.2, 0) is 9.59 Å². The summed E-state index contributed by atoms with van der Waals surface area (Å²) in [5.41, 5.74) is 0.0444. The van der Waals surface area contributed by atoms with E-state index in [2.05, 4.69) is 9.97 Å². The van der Waals surface area contributed by atoms with Gasteiger partial charge in [-0.25, -0.2) is 4.98 Å². The summed E-state index contributed by atoms with van der Waals surface area (Å²) in [6.07, 6.45) is 4.74. The molecule has 3 rings (SSSR count). The van der Waals surface area contributed by atoms with E-state index >= 15 is 0 Å². The number of likely N-dealkylation sites (tertiary alicyclic amines) is 1. The van der Waals surface area contributed by atoms with Crippen molar-refractivity contribution in [2.24, 2.45) is 5.92 Å². The van der Waals surface area contributed by atoms with Crippen molar-refractivity contribution in [3.05, 3.63) is 24.3 Å². The molecule has 1 unspecified atom stereocenters. The highest BCUT2D eigenvalue weighted by molar-refractivity contribution is 5.92. The Morgan fingerprint density at radius 2 is 1.73 bits per heavy atom. The number of aromatic nitrogens is 2. The van der Waals surface area contributed by atoms with Crippen LogP contribution in [0.4, 0.5) is 0 Å². The minimum atomic E-state index is -0.288. The van der Waals surface area contributed by atoms with E-state index in [0.717, 1.165) is 0 Å². The van der Waals surface area contributed by atoms with Gasteiger partial charge in [-0.2, -0.15) is 0 Å². The molecule has 0 radical (unpaired) electrons. The molecule has 2 aliphatic rings. The summed E-state index contributed by atoms with van der Waals surface area (Å²) in [5, 5.41) is 0. The molecule has 1 aromatic rings. The van der Waals surface area contributed by atoms with Crippen LogP contribution in [0.2, 0.25) is 0 Å². The van der Waals surface area contributed by atoms with Gasteiger partial charge in [-0.05, 0) is 20.8 Å². The first kappa shape index (κ1) is 18.3. The highest BCUT2D eigenvalue weighted by Crippen LogP contribution is 2.27. The van der Waals surface area contributed by atoms with Crippen LogP contribution in [-0.4, -0.2) is 80.7 Å². The Morgan fingerprint density at radius 1 is 1.08 bits per heavy atom. The summed E-state index contributed by atoms with van der Waals surface area (Å²) in [7, 11) is 0. The molecule has 2 aliphatic heterocycles. The number of rotatable bonds is 2. The first-order valence-electron chi connectivity index (χ1n) is 8.92. The van der Waals surface area contributed by atoms with Crippen molar-refractivity contribution >= 4 is 17.7 Å². The standard InChI is InChI=1S/C18H25N5O3/c1-18(2,3)23-12-13(10-15(23)24)16(25)21-6-8-22(9-7-21)17(26)14-11-19-4-5-20-14/h4-5,11,13H,6-10,12H2,1-3H3. The molecule has 1 atom stereocenters. The van der Waals surface area contributed by atoms with E-state index in [4.69, 9.17) is 0 Å². The molecule has 0 bridgehead atoms. The Labute approximate surface area is 153 Å². The van der Waals surface area contributed by atoms with Gasteiger partial charge in [0.2, 0.25) is 11.8 Å². The highest BCUT2D eigenvalue weighted by Gasteiger charge is 2.41. The van der Waals surface area contributed by atoms with E-state index in [-0.39, 0.29) is 35.6 Å². The van der Waals surface area contributed by atoms with Gasteiger partial charge in [-0.3, -0.25) is 19.4 Å². The summed E-state index contributed by atoms with van der Waals surface area (Å²) < 4.78 is 0. The second-order valence-corrected chi connectivity index (χ2v) is 7.78. The van der Waals surface area contributed by atoms with E-state index in [1.54, 1.807) is 14.7 Å². The third-order valence-electron chi connectivity index (χ3n) is 4.94. The molecule has 3 amide bonds. The number of amides is 3. The lowest BCUT2D eigenvalue weighted by Crippen LogP contribution is -2.52. The lowest BCUT2D eigenvalue weighted by molar-refractivity contribution is -0.137. The van der Waals surface area contributed by atoms with Crippen LogP contribution in [0.15, 0.2) is 18.6 Å². The molecule has 0 aliphatic carbocycles. The Bertz CT molecular complexity index is 693. The summed E-state index contributed by atoms with van der Waals surface area (Å²) >= 11 is 0. The van der Waals surface area contributed by atoms with Crippen LogP contribution in [0, 0.1) is 5.92 Å². The maximum Gasteiger partial charge on any atom is 0.274 e. The van der Waals surface area contributed by atoms with Crippen molar-refractivity contribution in [3.63, 3.8) is 0 Å². The first-order chi connectivity index (χ1) is 12.3. The number of hydrogen-bond acceptors (Lipinski definition) is 5. The van der Waals surface area contributed by atoms with Gasteiger partial charge >= 0.3 is 0 Å². The smallest absolute Gasteiger partial charge is 0.274 e. The molecule has 8 heteroatoms. The molecular weight excluding hydrogens is 334 g/mol. The first-order valence-corrected chi connectivity index (χ1v) is 8.92. The lowest BCUT2D eigenvalue weighted by atomic mass is 10.1. The fourth-order valence-corrected chi connectivity index (χ4v) is 3.48. The zero-order valence-electron chi connectivity index (χ0n) is 15.5. The molecule has 0 saturated carbocycles. The predicted octanol–water partition coefficient (Wildman–Crippen LogP) is 0.408. The van der Waals surface area contributed by atoms with Gasteiger partial charge < -0.3 is 14.7 Å². The molecule has 1 aromatic heterocycles. The maximum atomic E-state index is 12.8. The fraction of sp³-hybridized carbons (Fsp3) is 0.611. The summed E-state index contributed by atoms with van der Waals surface area (Å²) in [6.45, 7) is 8.30. The van der Waals surface area contributed by atoms with Crippen molar-refractivity contribution in [2.45, 2.75) is 32.7 Å². The van der Waals surface area contributed by atoms with Gasteiger partial charge in [-0.15, -0.1) is 0 Å². The average Bonchev–Trinajstić information content (AvgIpc) is 3.03. The van der Waals surface area contributed by atoms with Gasteiger partial charge in [0.15, 0.2) is 0 Å². The van der Waals surface area contributed by atoms with Crippen LogP contribution in [0.5, 0.6) is 0 Å². The van der Waals surface area contributed by atoms with E-state index < -0.39 is 0 Å². The molecule has 0 spiro atoms. The SMILES string of the molecule is CC(C)(C)N1CC(C(=O)N2CCN(C(=O)c3cnccn3)CC2)CC1=O. The summed E-state index contributed by atoms with van der Waals surface area (Å²) in [6, 6.07) is 0. The molecule has 140 valence electrons. The fourth-order valence-electron chi connectivity index (χ4n) is 3.48. The highest BCUT2D eigenvalue weighted by atomic mass is 16.2. The average molecular weight is 359 g/mol. The Morgan fingerprint density at radius 3 is 2.27 bits per heavy atom. The lowest BCUT2D eigenvalue weighted by Gasteiger charge is -2.36. The minimum absolute atomic E-state index is 0.0108. The topological polar surface area (TPSA) is 86.7 Å². The molecule has 0 aromatic carbocycles. The second kappa shape index (κ2) is 7.01. The quantitative estimate of drug-likeness (QED) is 0.763. The van der Waals surface area contributed by atoms with Crippen molar-refractivity contribution < 1.29 is 14.4 Å². The third-order valence-corrected chi connectivity index (χ3v) is 4.94. The van der Waals surface area contributed by atoms with Crippen LogP contribution >= 0.6 is 0 Å². The number of hydrogen-bond donors (Lipinski definition) is 0. The summed E-state index contributed by atoms with van der Waals surface area (Å²) in [4.78, 5) is 50.6. The van der Waals surface area contributed by atoms with Crippen molar-refractivity contribution in [1.29, 1.82) is 0 Å². The van der Waals surface area contributed by atoms with Gasteiger partial charge in [0, 0.05) is 57.1 Å². The van der Waals surface area contributed by atoms with Crippen molar-refractivity contribution in [2.75, 3.05) is 32.7 Å². The van der Waals surface area contributed by atoms with E-state index in [1.165, 1.54) is 18.6 Å². The zero-order chi connectivity index (χ0) is 18.9. The molecular formula is C18H25N5O3. The molecule has 2 fully saturated rings. The number of nitrogens with zero attached hydrogens (tertiary/aromatic N) is 5. The maximum absolute atomic E-state index is 12.8. The van der Waals surface area contributed by atoms with Crippen molar-refractivity contribution in [3.8, 4) is 0 Å². The third kappa shape index (κ3) is 3.68. The number of carbonyl (C=O) groups is 3. The monoisotopic (exact) mass is 359 g/mol. The van der Waals surface area contributed by atoms with Gasteiger partial charge in [0.05, 0.1) is 12.1 Å². The Balaban J connectivity index is 1.56. The van der Waals surface area contributed by atoms with Crippen molar-refractivity contribution in [1.82, 2.24) is 24.7 Å². The van der Waals surface area contributed by atoms with E-state index in [1.807, 2.05) is 20.8 Å². The van der Waals surface area contributed by atoms with E-state index in [9.17, 15) is 14.4 Å². The predicted molar refractivity (Wildman–Crippen MR) is 94.1 cm³/mol.